The van der Waals surface area contributed by atoms with Gasteiger partial charge in [-0.3, -0.25) is 9.89 Å². The Morgan fingerprint density at radius 2 is 1.96 bits per heavy atom. The molecule has 6 heteroatoms. The van der Waals surface area contributed by atoms with Gasteiger partial charge in [0.1, 0.15) is 6.33 Å². The Morgan fingerprint density at radius 3 is 2.79 bits per heavy atom. The minimum absolute atomic E-state index is 0.0538. The third-order valence-corrected chi connectivity index (χ3v) is 5.24. The maximum absolute atomic E-state index is 12.9. The van der Waals surface area contributed by atoms with Crippen LogP contribution in [0.5, 0.6) is 0 Å². The van der Waals surface area contributed by atoms with Crippen LogP contribution in [0.1, 0.15) is 28.8 Å². The normalized spacial score (nSPS) is 17.4. The van der Waals surface area contributed by atoms with Crippen LogP contribution in [0.4, 0.5) is 0 Å². The summed E-state index contributed by atoms with van der Waals surface area (Å²) >= 11 is 0. The Labute approximate surface area is 165 Å². The Kier molecular flexibility index (Phi) is 5.77. The molecule has 1 saturated heterocycles. The van der Waals surface area contributed by atoms with Crippen LogP contribution in [0.3, 0.4) is 0 Å². The van der Waals surface area contributed by atoms with Gasteiger partial charge in [-0.15, -0.1) is 0 Å². The van der Waals surface area contributed by atoms with E-state index in [0.717, 1.165) is 44.5 Å². The highest BCUT2D eigenvalue weighted by Crippen LogP contribution is 2.20. The molecule has 0 saturated carbocycles. The van der Waals surface area contributed by atoms with E-state index in [1.54, 1.807) is 0 Å². The van der Waals surface area contributed by atoms with Crippen LogP contribution in [0.25, 0.3) is 11.4 Å². The summed E-state index contributed by atoms with van der Waals surface area (Å²) in [5, 5.41) is 9.96. The fraction of sp³-hybridized carbons (Fsp3) is 0.318. The van der Waals surface area contributed by atoms with E-state index in [9.17, 15) is 4.79 Å². The number of aromatic amines is 1. The summed E-state index contributed by atoms with van der Waals surface area (Å²) in [7, 11) is 0. The van der Waals surface area contributed by atoms with Crippen molar-refractivity contribution in [3.8, 4) is 11.4 Å². The average Bonchev–Trinajstić information content (AvgIpc) is 3.28. The first kappa shape index (κ1) is 18.4. The molecule has 1 aliphatic heterocycles. The Morgan fingerprint density at radius 1 is 1.14 bits per heavy atom. The van der Waals surface area contributed by atoms with E-state index < -0.39 is 0 Å². The molecule has 0 unspecified atom stereocenters. The van der Waals surface area contributed by atoms with E-state index in [1.807, 2.05) is 30.3 Å². The maximum atomic E-state index is 12.9. The highest BCUT2D eigenvalue weighted by Gasteiger charge is 2.23. The number of benzene rings is 2. The summed E-state index contributed by atoms with van der Waals surface area (Å²) in [6.07, 6.45) is 4.60. The Balaban J connectivity index is 1.37. The molecule has 1 amide bonds. The molecular formula is C22H25N5O. The number of nitrogens with one attached hydrogen (secondary N) is 2. The zero-order valence-corrected chi connectivity index (χ0v) is 15.8. The predicted molar refractivity (Wildman–Crippen MR) is 109 cm³/mol. The first-order chi connectivity index (χ1) is 13.8. The second-order valence-electron chi connectivity index (χ2n) is 7.23. The first-order valence-corrected chi connectivity index (χ1v) is 9.81. The third kappa shape index (κ3) is 4.46. The van der Waals surface area contributed by atoms with Gasteiger partial charge in [-0.05, 0) is 37.4 Å². The minimum atomic E-state index is -0.0538. The van der Waals surface area contributed by atoms with Gasteiger partial charge in [0.25, 0.3) is 5.91 Å². The van der Waals surface area contributed by atoms with E-state index in [-0.39, 0.29) is 11.9 Å². The molecule has 1 aromatic heterocycles. The highest BCUT2D eigenvalue weighted by atomic mass is 16.1. The number of hydrogen-bond donors (Lipinski definition) is 2. The van der Waals surface area contributed by atoms with Crippen LogP contribution in [-0.4, -0.2) is 51.7 Å². The van der Waals surface area contributed by atoms with Crippen LogP contribution in [-0.2, 0) is 6.42 Å². The van der Waals surface area contributed by atoms with Gasteiger partial charge in [-0.2, -0.15) is 5.10 Å². The van der Waals surface area contributed by atoms with Gasteiger partial charge < -0.3 is 10.2 Å². The molecular weight excluding hydrogens is 350 g/mol. The number of rotatable bonds is 6. The molecule has 3 aromatic rings. The van der Waals surface area contributed by atoms with Crippen molar-refractivity contribution in [2.45, 2.75) is 25.3 Å². The smallest absolute Gasteiger partial charge is 0.252 e. The SMILES string of the molecule is O=C(N[C@H]1CCCN(CCc2ccccc2)C1)c1ccccc1-c1ncn[nH]1. The van der Waals surface area contributed by atoms with Crippen molar-refractivity contribution in [3.05, 3.63) is 72.1 Å². The molecule has 2 aromatic carbocycles. The minimum Gasteiger partial charge on any atom is -0.348 e. The summed E-state index contributed by atoms with van der Waals surface area (Å²) in [6, 6.07) is 18.2. The lowest BCUT2D eigenvalue weighted by Crippen LogP contribution is -2.48. The van der Waals surface area contributed by atoms with Gasteiger partial charge >= 0.3 is 0 Å². The summed E-state index contributed by atoms with van der Waals surface area (Å²) < 4.78 is 0. The number of nitrogens with zero attached hydrogens (tertiary/aromatic N) is 3. The van der Waals surface area contributed by atoms with Crippen molar-refractivity contribution in [2.24, 2.45) is 0 Å². The van der Waals surface area contributed by atoms with Crippen LogP contribution in [0.2, 0.25) is 0 Å². The van der Waals surface area contributed by atoms with Crippen molar-refractivity contribution in [3.63, 3.8) is 0 Å². The number of hydrogen-bond acceptors (Lipinski definition) is 4. The van der Waals surface area contributed by atoms with Crippen molar-refractivity contribution in [1.82, 2.24) is 25.4 Å². The topological polar surface area (TPSA) is 73.9 Å². The zero-order valence-electron chi connectivity index (χ0n) is 15.8. The van der Waals surface area contributed by atoms with E-state index >= 15 is 0 Å². The van der Waals surface area contributed by atoms with Gasteiger partial charge in [-0.1, -0.05) is 48.5 Å². The second kappa shape index (κ2) is 8.80. The van der Waals surface area contributed by atoms with E-state index in [2.05, 4.69) is 49.7 Å². The second-order valence-corrected chi connectivity index (χ2v) is 7.23. The van der Waals surface area contributed by atoms with Crippen LogP contribution in [0, 0.1) is 0 Å². The molecule has 28 heavy (non-hydrogen) atoms. The van der Waals surface area contributed by atoms with E-state index in [4.69, 9.17) is 0 Å². The fourth-order valence-electron chi connectivity index (χ4n) is 3.79. The molecule has 0 aliphatic carbocycles. The van der Waals surface area contributed by atoms with Crippen LogP contribution >= 0.6 is 0 Å². The lowest BCUT2D eigenvalue weighted by Gasteiger charge is -2.33. The zero-order chi connectivity index (χ0) is 19.2. The highest BCUT2D eigenvalue weighted by molar-refractivity contribution is 6.00. The molecule has 0 bridgehead atoms. The van der Waals surface area contributed by atoms with Gasteiger partial charge in [0.15, 0.2) is 5.82 Å². The van der Waals surface area contributed by atoms with E-state index in [1.165, 1.54) is 11.9 Å². The van der Waals surface area contributed by atoms with Crippen LogP contribution in [0.15, 0.2) is 60.9 Å². The number of amides is 1. The molecule has 4 rings (SSSR count). The largest absolute Gasteiger partial charge is 0.348 e. The molecule has 1 atom stereocenters. The number of aromatic nitrogens is 3. The van der Waals surface area contributed by atoms with Gasteiger partial charge in [0, 0.05) is 24.7 Å². The van der Waals surface area contributed by atoms with Gasteiger partial charge in [-0.25, -0.2) is 4.98 Å². The molecule has 0 spiro atoms. The molecule has 1 fully saturated rings. The van der Waals surface area contributed by atoms with Gasteiger partial charge in [0.05, 0.1) is 5.56 Å². The lowest BCUT2D eigenvalue weighted by molar-refractivity contribution is 0.0904. The molecule has 0 radical (unpaired) electrons. The molecule has 144 valence electrons. The number of piperidine rings is 1. The number of likely N-dealkylation sites (tertiary alicyclic amines) is 1. The van der Waals surface area contributed by atoms with Crippen molar-refractivity contribution < 1.29 is 4.79 Å². The number of carbonyl (C=O) groups is 1. The summed E-state index contributed by atoms with van der Waals surface area (Å²) in [5.41, 5.74) is 2.75. The molecule has 6 nitrogen and oxygen atoms in total. The van der Waals surface area contributed by atoms with E-state index in [0.29, 0.717) is 11.4 Å². The summed E-state index contributed by atoms with van der Waals surface area (Å²) in [5.74, 6) is 0.556. The molecule has 2 N–H and O–H groups in total. The van der Waals surface area contributed by atoms with Crippen LogP contribution < -0.4 is 5.32 Å². The molecule has 1 aliphatic rings. The maximum Gasteiger partial charge on any atom is 0.252 e. The monoisotopic (exact) mass is 375 g/mol. The summed E-state index contributed by atoms with van der Waals surface area (Å²) in [4.78, 5) is 19.6. The first-order valence-electron chi connectivity index (χ1n) is 9.81. The lowest BCUT2D eigenvalue weighted by atomic mass is 10.0. The standard InChI is InChI=1S/C22H25N5O/c28-22(20-11-5-4-10-19(20)21-23-16-24-26-21)25-18-9-6-13-27(15-18)14-12-17-7-2-1-3-8-17/h1-5,7-8,10-11,16,18H,6,9,12-15H2,(H,25,28)(H,23,24,26)/t18-/m0/s1. The predicted octanol–water partition coefficient (Wildman–Crippen LogP) is 2.91. The van der Waals surface area contributed by atoms with Crippen molar-refractivity contribution in [1.29, 1.82) is 0 Å². The van der Waals surface area contributed by atoms with Crippen molar-refractivity contribution >= 4 is 5.91 Å². The number of H-pyrrole nitrogens is 1. The van der Waals surface area contributed by atoms with Gasteiger partial charge in [0.2, 0.25) is 0 Å². The Hall–Kier alpha value is -2.99. The third-order valence-electron chi connectivity index (χ3n) is 5.24. The molecule has 2 heterocycles. The fourth-order valence-corrected chi connectivity index (χ4v) is 3.79. The average molecular weight is 375 g/mol. The van der Waals surface area contributed by atoms with Crippen molar-refractivity contribution in [2.75, 3.05) is 19.6 Å². The Bertz CT molecular complexity index is 894. The number of carbonyl (C=O) groups excluding carboxylic acids is 1. The summed E-state index contributed by atoms with van der Waals surface area (Å²) in [6.45, 7) is 3.00. The quantitative estimate of drug-likeness (QED) is 0.695.